The van der Waals surface area contributed by atoms with Crippen LogP contribution in [0.4, 0.5) is 0 Å². The predicted molar refractivity (Wildman–Crippen MR) is 108 cm³/mol. The molecule has 1 unspecified atom stereocenters. The van der Waals surface area contributed by atoms with Crippen molar-refractivity contribution in [1.82, 2.24) is 19.6 Å². The molecule has 5 nitrogen and oxygen atoms in total. The van der Waals surface area contributed by atoms with E-state index in [4.69, 9.17) is 23.2 Å². The zero-order valence-electron chi connectivity index (χ0n) is 14.8. The van der Waals surface area contributed by atoms with Gasteiger partial charge >= 0.3 is 0 Å². The van der Waals surface area contributed by atoms with Gasteiger partial charge in [0.2, 0.25) is 5.91 Å². The van der Waals surface area contributed by atoms with Gasteiger partial charge in [-0.3, -0.25) is 14.4 Å². The lowest BCUT2D eigenvalue weighted by Gasteiger charge is -2.36. The zero-order valence-corrected chi connectivity index (χ0v) is 17.9. The summed E-state index contributed by atoms with van der Waals surface area (Å²) >= 11 is 15.5. The first-order chi connectivity index (χ1) is 12.3. The molecule has 140 valence electrons. The predicted octanol–water partition coefficient (Wildman–Crippen LogP) is 4.17. The van der Waals surface area contributed by atoms with Gasteiger partial charge in [0.25, 0.3) is 0 Å². The van der Waals surface area contributed by atoms with Crippen LogP contribution in [-0.4, -0.2) is 51.7 Å². The average molecular weight is 460 g/mol. The Morgan fingerprint density at radius 3 is 2.50 bits per heavy atom. The number of nitrogens with zero attached hydrogens (tertiary/aromatic N) is 4. The van der Waals surface area contributed by atoms with Crippen molar-refractivity contribution in [3.8, 4) is 0 Å². The number of hydrogen-bond donors (Lipinski definition) is 0. The highest BCUT2D eigenvalue weighted by molar-refractivity contribution is 9.10. The minimum atomic E-state index is -0.304. The van der Waals surface area contributed by atoms with Crippen molar-refractivity contribution < 1.29 is 4.79 Å². The summed E-state index contributed by atoms with van der Waals surface area (Å²) in [7, 11) is 0. The first-order valence-electron chi connectivity index (χ1n) is 8.51. The van der Waals surface area contributed by atoms with E-state index in [-0.39, 0.29) is 11.9 Å². The highest BCUT2D eigenvalue weighted by Gasteiger charge is 2.26. The van der Waals surface area contributed by atoms with Crippen LogP contribution in [0.2, 0.25) is 10.0 Å². The molecule has 0 radical (unpaired) electrons. The first kappa shape index (κ1) is 19.7. The van der Waals surface area contributed by atoms with Crippen LogP contribution in [0, 0.1) is 6.92 Å². The number of hydrogen-bond acceptors (Lipinski definition) is 3. The monoisotopic (exact) mass is 458 g/mol. The van der Waals surface area contributed by atoms with Crippen LogP contribution in [0.5, 0.6) is 0 Å². The van der Waals surface area contributed by atoms with E-state index in [1.165, 1.54) is 0 Å². The smallest absolute Gasteiger partial charge is 0.247 e. The Labute approximate surface area is 172 Å². The normalized spacial score (nSPS) is 16.7. The Balaban J connectivity index is 1.55. The molecule has 0 bridgehead atoms. The second kappa shape index (κ2) is 8.30. The van der Waals surface area contributed by atoms with Crippen molar-refractivity contribution in [3.63, 3.8) is 0 Å². The maximum atomic E-state index is 12.8. The van der Waals surface area contributed by atoms with Crippen molar-refractivity contribution in [3.05, 3.63) is 50.2 Å². The van der Waals surface area contributed by atoms with E-state index >= 15 is 0 Å². The van der Waals surface area contributed by atoms with Crippen LogP contribution >= 0.6 is 39.1 Å². The van der Waals surface area contributed by atoms with E-state index < -0.39 is 0 Å². The number of halogens is 3. The molecule has 2 aromatic rings. The van der Waals surface area contributed by atoms with E-state index in [1.54, 1.807) is 4.68 Å². The SMILES string of the molecule is Cc1nn(C(C)C(=O)N2CCN(Cc3ccc(Cl)c(Cl)c3)CC2)cc1Br. The van der Waals surface area contributed by atoms with Gasteiger partial charge in [-0.15, -0.1) is 0 Å². The quantitative estimate of drug-likeness (QED) is 0.688. The summed E-state index contributed by atoms with van der Waals surface area (Å²) in [5, 5.41) is 5.55. The van der Waals surface area contributed by atoms with Crippen molar-refractivity contribution in [2.45, 2.75) is 26.4 Å². The van der Waals surface area contributed by atoms with Gasteiger partial charge in [-0.25, -0.2) is 0 Å². The van der Waals surface area contributed by atoms with Crippen LogP contribution in [0.3, 0.4) is 0 Å². The van der Waals surface area contributed by atoms with Crippen LogP contribution in [0.1, 0.15) is 24.2 Å². The molecule has 1 atom stereocenters. The second-order valence-electron chi connectivity index (χ2n) is 6.57. The summed E-state index contributed by atoms with van der Waals surface area (Å²) in [5.74, 6) is 0.106. The van der Waals surface area contributed by atoms with Gasteiger partial charge in [0, 0.05) is 38.9 Å². The molecule has 0 N–H and O–H groups in total. The molecular weight excluding hydrogens is 439 g/mol. The van der Waals surface area contributed by atoms with Gasteiger partial charge in [0.05, 0.1) is 20.2 Å². The summed E-state index contributed by atoms with van der Waals surface area (Å²) in [6.07, 6.45) is 1.86. The molecule has 1 aliphatic rings. The van der Waals surface area contributed by atoms with Crippen molar-refractivity contribution in [2.24, 2.45) is 0 Å². The highest BCUT2D eigenvalue weighted by Crippen LogP contribution is 2.24. The number of aromatic nitrogens is 2. The topological polar surface area (TPSA) is 41.4 Å². The van der Waals surface area contributed by atoms with E-state index in [0.29, 0.717) is 23.1 Å². The van der Waals surface area contributed by atoms with Crippen LogP contribution in [0.25, 0.3) is 0 Å². The molecule has 1 amide bonds. The lowest BCUT2D eigenvalue weighted by molar-refractivity contribution is -0.136. The molecule has 0 spiro atoms. The molecule has 0 aliphatic carbocycles. The maximum Gasteiger partial charge on any atom is 0.247 e. The number of piperazine rings is 1. The van der Waals surface area contributed by atoms with Crippen molar-refractivity contribution >= 4 is 45.0 Å². The Bertz CT molecular complexity index is 783. The lowest BCUT2D eigenvalue weighted by Crippen LogP contribution is -2.49. The molecule has 1 aromatic heterocycles. The lowest BCUT2D eigenvalue weighted by atomic mass is 10.2. The van der Waals surface area contributed by atoms with Gasteiger partial charge in [-0.05, 0) is 47.5 Å². The van der Waals surface area contributed by atoms with E-state index in [9.17, 15) is 4.79 Å². The van der Waals surface area contributed by atoms with Crippen LogP contribution in [0.15, 0.2) is 28.9 Å². The zero-order chi connectivity index (χ0) is 18.8. The summed E-state index contributed by atoms with van der Waals surface area (Å²) in [6, 6.07) is 5.42. The number of carbonyl (C=O) groups excluding carboxylic acids is 1. The summed E-state index contributed by atoms with van der Waals surface area (Å²) in [6.45, 7) is 7.71. The molecule has 26 heavy (non-hydrogen) atoms. The average Bonchev–Trinajstić information content (AvgIpc) is 2.96. The summed E-state index contributed by atoms with van der Waals surface area (Å²) < 4.78 is 2.65. The molecule has 8 heteroatoms. The Morgan fingerprint density at radius 1 is 1.23 bits per heavy atom. The fraction of sp³-hybridized carbons (Fsp3) is 0.444. The molecule has 3 rings (SSSR count). The van der Waals surface area contributed by atoms with E-state index in [2.05, 4.69) is 25.9 Å². The fourth-order valence-corrected chi connectivity index (χ4v) is 3.67. The Kier molecular flexibility index (Phi) is 6.28. The number of rotatable bonds is 4. The minimum Gasteiger partial charge on any atom is -0.338 e. The third-order valence-electron chi connectivity index (χ3n) is 4.69. The molecule has 2 heterocycles. The molecule has 1 aliphatic heterocycles. The molecule has 1 aromatic carbocycles. The summed E-state index contributed by atoms with van der Waals surface area (Å²) in [5.41, 5.74) is 2.01. The van der Waals surface area contributed by atoms with Gasteiger partial charge in [0.1, 0.15) is 6.04 Å². The third-order valence-corrected chi connectivity index (χ3v) is 6.20. The Morgan fingerprint density at radius 2 is 1.92 bits per heavy atom. The van der Waals surface area contributed by atoms with Crippen LogP contribution in [-0.2, 0) is 11.3 Å². The first-order valence-corrected chi connectivity index (χ1v) is 10.1. The number of aryl methyl sites for hydroxylation is 1. The minimum absolute atomic E-state index is 0.106. The molecule has 1 fully saturated rings. The molecular formula is C18H21BrCl2N4O. The van der Waals surface area contributed by atoms with Gasteiger partial charge in [0.15, 0.2) is 0 Å². The van der Waals surface area contributed by atoms with Gasteiger partial charge < -0.3 is 4.90 Å². The maximum absolute atomic E-state index is 12.8. The molecule has 1 saturated heterocycles. The van der Waals surface area contributed by atoms with E-state index in [0.717, 1.165) is 35.4 Å². The fourth-order valence-electron chi connectivity index (χ4n) is 3.06. The van der Waals surface area contributed by atoms with Crippen LogP contribution < -0.4 is 0 Å². The van der Waals surface area contributed by atoms with Crippen molar-refractivity contribution in [2.75, 3.05) is 26.2 Å². The molecule has 0 saturated carbocycles. The number of benzene rings is 1. The number of carbonyl (C=O) groups is 1. The third kappa shape index (κ3) is 4.42. The van der Waals surface area contributed by atoms with Crippen molar-refractivity contribution in [1.29, 1.82) is 0 Å². The standard InChI is InChI=1S/C18H21BrCl2N4O/c1-12-15(19)11-25(22-12)13(2)18(26)24-7-5-23(6-8-24)10-14-3-4-16(20)17(21)9-14/h3-4,9,11,13H,5-8,10H2,1-2H3. The Hall–Kier alpha value is -1.08. The van der Waals surface area contributed by atoms with E-state index in [1.807, 2.05) is 43.1 Å². The summed E-state index contributed by atoms with van der Waals surface area (Å²) in [4.78, 5) is 17.0. The number of amides is 1. The largest absolute Gasteiger partial charge is 0.338 e. The second-order valence-corrected chi connectivity index (χ2v) is 8.24. The highest BCUT2D eigenvalue weighted by atomic mass is 79.9. The van der Waals surface area contributed by atoms with Gasteiger partial charge in [-0.1, -0.05) is 29.3 Å². The van der Waals surface area contributed by atoms with Gasteiger partial charge in [-0.2, -0.15) is 5.10 Å².